The van der Waals surface area contributed by atoms with Gasteiger partial charge in [-0.05, 0) is 18.8 Å². The van der Waals surface area contributed by atoms with E-state index in [4.69, 9.17) is 4.74 Å². The van der Waals surface area contributed by atoms with Crippen LogP contribution in [0.3, 0.4) is 0 Å². The zero-order chi connectivity index (χ0) is 8.93. The predicted octanol–water partition coefficient (Wildman–Crippen LogP) is 1.32. The van der Waals surface area contributed by atoms with Crippen molar-refractivity contribution in [2.24, 2.45) is 5.92 Å². The van der Waals surface area contributed by atoms with Gasteiger partial charge in [-0.25, -0.2) is 4.98 Å². The van der Waals surface area contributed by atoms with Crippen molar-refractivity contribution < 1.29 is 4.74 Å². The van der Waals surface area contributed by atoms with E-state index in [1.54, 1.807) is 18.1 Å². The van der Waals surface area contributed by atoms with Crippen molar-refractivity contribution in [1.82, 2.24) is 15.2 Å². The molecule has 1 aromatic heterocycles. The second kappa shape index (κ2) is 4.62. The fourth-order valence-electron chi connectivity index (χ4n) is 1.37. The van der Waals surface area contributed by atoms with E-state index in [9.17, 15) is 0 Å². The molecule has 0 aliphatic carbocycles. The van der Waals surface area contributed by atoms with Crippen LogP contribution in [0.15, 0.2) is 11.5 Å². The number of hydrogen-bond donors (Lipinski definition) is 1. The SMILES string of the molecule is c1n[nH]c(SCC2CCOCC2)n1. The normalized spacial score (nSPS) is 19.1. The van der Waals surface area contributed by atoms with Gasteiger partial charge in [0.15, 0.2) is 5.16 Å². The number of H-pyrrole nitrogens is 1. The highest BCUT2D eigenvalue weighted by Crippen LogP contribution is 2.22. The lowest BCUT2D eigenvalue weighted by Crippen LogP contribution is -2.17. The van der Waals surface area contributed by atoms with Gasteiger partial charge in [0.05, 0.1) is 0 Å². The van der Waals surface area contributed by atoms with Gasteiger partial charge in [-0.2, -0.15) is 5.10 Å². The topological polar surface area (TPSA) is 50.8 Å². The largest absolute Gasteiger partial charge is 0.381 e. The zero-order valence-electron chi connectivity index (χ0n) is 7.40. The third-order valence-corrected chi connectivity index (χ3v) is 3.30. The van der Waals surface area contributed by atoms with E-state index in [0.29, 0.717) is 0 Å². The Hall–Kier alpha value is -0.550. The Morgan fingerprint density at radius 3 is 3.08 bits per heavy atom. The Labute approximate surface area is 81.5 Å². The zero-order valence-corrected chi connectivity index (χ0v) is 8.22. The number of aromatic nitrogens is 3. The fourth-order valence-corrected chi connectivity index (χ4v) is 2.34. The number of hydrogen-bond acceptors (Lipinski definition) is 4. The molecular weight excluding hydrogens is 186 g/mol. The lowest BCUT2D eigenvalue weighted by molar-refractivity contribution is 0.0728. The first-order valence-electron chi connectivity index (χ1n) is 4.51. The average molecular weight is 199 g/mol. The van der Waals surface area contributed by atoms with Gasteiger partial charge in [0.2, 0.25) is 0 Å². The van der Waals surface area contributed by atoms with Crippen molar-refractivity contribution in [2.45, 2.75) is 18.0 Å². The second-order valence-electron chi connectivity index (χ2n) is 3.16. The summed E-state index contributed by atoms with van der Waals surface area (Å²) in [6.45, 7) is 1.84. The van der Waals surface area contributed by atoms with Gasteiger partial charge in [0, 0.05) is 19.0 Å². The summed E-state index contributed by atoms with van der Waals surface area (Å²) in [5.41, 5.74) is 0. The Morgan fingerprint density at radius 2 is 2.38 bits per heavy atom. The predicted molar refractivity (Wildman–Crippen MR) is 50.6 cm³/mol. The number of nitrogens with zero attached hydrogens (tertiary/aromatic N) is 2. The van der Waals surface area contributed by atoms with Crippen LogP contribution in [0.5, 0.6) is 0 Å². The number of thioether (sulfide) groups is 1. The highest BCUT2D eigenvalue weighted by Gasteiger charge is 2.14. The summed E-state index contributed by atoms with van der Waals surface area (Å²) in [5.74, 6) is 1.90. The molecule has 1 fully saturated rings. The van der Waals surface area contributed by atoms with E-state index in [1.807, 2.05) is 0 Å². The second-order valence-corrected chi connectivity index (χ2v) is 4.17. The van der Waals surface area contributed by atoms with Crippen LogP contribution < -0.4 is 0 Å². The molecule has 0 spiro atoms. The molecule has 2 rings (SSSR count). The summed E-state index contributed by atoms with van der Waals surface area (Å²) in [7, 11) is 0. The van der Waals surface area contributed by atoms with E-state index >= 15 is 0 Å². The third-order valence-electron chi connectivity index (χ3n) is 2.19. The van der Waals surface area contributed by atoms with Crippen molar-refractivity contribution in [2.75, 3.05) is 19.0 Å². The minimum Gasteiger partial charge on any atom is -0.381 e. The molecule has 1 N–H and O–H groups in total. The first-order valence-corrected chi connectivity index (χ1v) is 5.49. The fraction of sp³-hybridized carbons (Fsp3) is 0.750. The first-order chi connectivity index (χ1) is 6.45. The van der Waals surface area contributed by atoms with Crippen molar-refractivity contribution in [3.05, 3.63) is 6.33 Å². The summed E-state index contributed by atoms with van der Waals surface area (Å²) in [5, 5.41) is 7.57. The number of rotatable bonds is 3. The summed E-state index contributed by atoms with van der Waals surface area (Å²) in [4.78, 5) is 4.07. The molecule has 72 valence electrons. The smallest absolute Gasteiger partial charge is 0.183 e. The van der Waals surface area contributed by atoms with Crippen LogP contribution in [-0.4, -0.2) is 34.1 Å². The molecule has 0 unspecified atom stereocenters. The van der Waals surface area contributed by atoms with Crippen LogP contribution in [0.4, 0.5) is 0 Å². The molecule has 0 amide bonds. The molecule has 1 aliphatic heterocycles. The summed E-state index contributed by atoms with van der Waals surface area (Å²) in [6, 6.07) is 0. The highest BCUT2D eigenvalue weighted by molar-refractivity contribution is 7.99. The molecule has 0 radical (unpaired) electrons. The highest BCUT2D eigenvalue weighted by atomic mass is 32.2. The molecule has 13 heavy (non-hydrogen) atoms. The summed E-state index contributed by atoms with van der Waals surface area (Å²) >= 11 is 1.75. The van der Waals surface area contributed by atoms with Gasteiger partial charge in [0.1, 0.15) is 6.33 Å². The molecule has 0 bridgehead atoms. The van der Waals surface area contributed by atoms with E-state index < -0.39 is 0 Å². The Bertz CT molecular complexity index is 234. The maximum absolute atomic E-state index is 5.29. The van der Waals surface area contributed by atoms with Crippen molar-refractivity contribution in [3.8, 4) is 0 Å². The van der Waals surface area contributed by atoms with Crippen LogP contribution in [0.25, 0.3) is 0 Å². The molecule has 0 aromatic carbocycles. The van der Waals surface area contributed by atoms with Gasteiger partial charge >= 0.3 is 0 Å². The molecule has 1 aliphatic rings. The quantitative estimate of drug-likeness (QED) is 0.746. The lowest BCUT2D eigenvalue weighted by atomic mass is 10.0. The molecular formula is C8H13N3OS. The summed E-state index contributed by atoms with van der Waals surface area (Å²) < 4.78 is 5.29. The monoisotopic (exact) mass is 199 g/mol. The molecule has 2 heterocycles. The van der Waals surface area contributed by atoms with Crippen LogP contribution in [0.2, 0.25) is 0 Å². The van der Waals surface area contributed by atoms with Gasteiger partial charge in [-0.1, -0.05) is 11.8 Å². The molecule has 0 saturated carbocycles. The first kappa shape index (κ1) is 9.02. The van der Waals surface area contributed by atoms with Crippen LogP contribution in [-0.2, 0) is 4.74 Å². The minimum atomic E-state index is 0.781. The molecule has 0 atom stereocenters. The summed E-state index contributed by atoms with van der Waals surface area (Å²) in [6.07, 6.45) is 3.91. The minimum absolute atomic E-state index is 0.781. The molecule has 5 heteroatoms. The van der Waals surface area contributed by atoms with E-state index in [1.165, 1.54) is 12.8 Å². The van der Waals surface area contributed by atoms with Gasteiger partial charge in [0.25, 0.3) is 0 Å². The third kappa shape index (κ3) is 2.70. The molecule has 4 nitrogen and oxygen atoms in total. The van der Waals surface area contributed by atoms with E-state index in [0.717, 1.165) is 30.0 Å². The van der Waals surface area contributed by atoms with E-state index in [2.05, 4.69) is 15.2 Å². The van der Waals surface area contributed by atoms with Gasteiger partial charge < -0.3 is 4.74 Å². The average Bonchev–Trinajstić information content (AvgIpc) is 2.69. The van der Waals surface area contributed by atoms with E-state index in [-0.39, 0.29) is 0 Å². The van der Waals surface area contributed by atoms with Crippen molar-refractivity contribution in [1.29, 1.82) is 0 Å². The Balaban J connectivity index is 1.72. The maximum Gasteiger partial charge on any atom is 0.183 e. The number of nitrogens with one attached hydrogen (secondary N) is 1. The van der Waals surface area contributed by atoms with Gasteiger partial charge in [-0.15, -0.1) is 0 Å². The van der Waals surface area contributed by atoms with Crippen LogP contribution in [0.1, 0.15) is 12.8 Å². The maximum atomic E-state index is 5.29. The van der Waals surface area contributed by atoms with Gasteiger partial charge in [-0.3, -0.25) is 5.10 Å². The van der Waals surface area contributed by atoms with Crippen LogP contribution >= 0.6 is 11.8 Å². The molecule has 1 aromatic rings. The Morgan fingerprint density at radius 1 is 1.54 bits per heavy atom. The standard InChI is InChI=1S/C8H13N3OS/c1-3-12-4-2-7(1)5-13-8-9-6-10-11-8/h6-7H,1-5H2,(H,9,10,11). The van der Waals surface area contributed by atoms with Crippen molar-refractivity contribution in [3.63, 3.8) is 0 Å². The number of ether oxygens (including phenoxy) is 1. The van der Waals surface area contributed by atoms with Crippen molar-refractivity contribution >= 4 is 11.8 Å². The Kier molecular flexibility index (Phi) is 3.21. The lowest BCUT2D eigenvalue weighted by Gasteiger charge is -2.20. The van der Waals surface area contributed by atoms with Crippen LogP contribution in [0, 0.1) is 5.92 Å². The number of aromatic amines is 1. The molecule has 1 saturated heterocycles.